The Bertz CT molecular complexity index is 1220. The zero-order valence-corrected chi connectivity index (χ0v) is 18.8. The zero-order valence-electron chi connectivity index (χ0n) is 18.0. The highest BCUT2D eigenvalue weighted by Crippen LogP contribution is 2.27. The summed E-state index contributed by atoms with van der Waals surface area (Å²) in [6.45, 7) is 5.96. The van der Waals surface area contributed by atoms with E-state index in [2.05, 4.69) is 41.6 Å². The van der Waals surface area contributed by atoms with Gasteiger partial charge in [-0.3, -0.25) is 4.79 Å². The Morgan fingerprint density at radius 1 is 1.13 bits per heavy atom. The number of amides is 1. The molecule has 158 valence electrons. The highest BCUT2D eigenvalue weighted by molar-refractivity contribution is 7.12. The highest BCUT2D eigenvalue weighted by atomic mass is 32.1. The summed E-state index contributed by atoms with van der Waals surface area (Å²) in [5.74, 6) is 0.601. The maximum atomic E-state index is 12.6. The molecule has 0 saturated heterocycles. The number of rotatable bonds is 6. The fraction of sp³-hybridized carbons (Fsp3) is 0.208. The first-order valence-electron chi connectivity index (χ1n) is 9.96. The van der Waals surface area contributed by atoms with Gasteiger partial charge in [0.1, 0.15) is 5.75 Å². The fourth-order valence-electron chi connectivity index (χ4n) is 3.40. The first kappa shape index (κ1) is 20.8. The molecule has 4 rings (SSSR count). The molecule has 0 aliphatic heterocycles. The fourth-order valence-corrected chi connectivity index (χ4v) is 4.24. The van der Waals surface area contributed by atoms with Crippen LogP contribution in [0.1, 0.15) is 22.5 Å². The highest BCUT2D eigenvalue weighted by Gasteiger charge is 2.18. The summed E-state index contributed by atoms with van der Waals surface area (Å²) >= 11 is 1.54. The topological polar surface area (TPSA) is 69.0 Å². The lowest BCUT2D eigenvalue weighted by Gasteiger charge is -2.07. The summed E-state index contributed by atoms with van der Waals surface area (Å²) in [6, 6.07) is 15.6. The molecular formula is C24H24N4O2S. The van der Waals surface area contributed by atoms with Gasteiger partial charge < -0.3 is 10.1 Å². The van der Waals surface area contributed by atoms with Crippen molar-refractivity contribution in [3.8, 4) is 22.1 Å². The third-order valence-corrected chi connectivity index (χ3v) is 5.97. The van der Waals surface area contributed by atoms with E-state index in [0.29, 0.717) is 11.4 Å². The first-order chi connectivity index (χ1) is 14.9. The van der Waals surface area contributed by atoms with Gasteiger partial charge in [0, 0.05) is 34.0 Å². The molecule has 0 atom stereocenters. The van der Waals surface area contributed by atoms with Crippen LogP contribution in [0.15, 0.2) is 53.9 Å². The molecule has 2 aromatic heterocycles. The van der Waals surface area contributed by atoms with Crippen molar-refractivity contribution in [1.82, 2.24) is 14.8 Å². The molecule has 0 bridgehead atoms. The molecular weight excluding hydrogens is 408 g/mol. The Morgan fingerprint density at radius 3 is 2.65 bits per heavy atom. The maximum absolute atomic E-state index is 12.6. The average Bonchev–Trinajstić information content (AvgIpc) is 3.35. The standard InChI is InChI=1S/C24H24N4O2S/c1-15-8-10-18(11-9-15)22-14-31-24(26-22)28-17(3)21(16(2)27-28)13-23(29)25-19-6-5-7-20(12-19)30-4/h5-12,14H,13H2,1-4H3,(H,25,29). The molecule has 0 radical (unpaired) electrons. The van der Waals surface area contributed by atoms with Crippen LogP contribution in [0.25, 0.3) is 16.4 Å². The summed E-state index contributed by atoms with van der Waals surface area (Å²) < 4.78 is 7.04. The number of benzene rings is 2. The largest absolute Gasteiger partial charge is 0.497 e. The summed E-state index contributed by atoms with van der Waals surface area (Å²) in [4.78, 5) is 17.4. The Morgan fingerprint density at radius 2 is 1.90 bits per heavy atom. The number of nitrogens with one attached hydrogen (secondary N) is 1. The Labute approximate surface area is 185 Å². The van der Waals surface area contributed by atoms with Crippen LogP contribution >= 0.6 is 11.3 Å². The quantitative estimate of drug-likeness (QED) is 0.460. The zero-order chi connectivity index (χ0) is 22.0. The number of aryl methyl sites for hydroxylation is 2. The number of thiazole rings is 1. The third kappa shape index (κ3) is 4.51. The molecule has 1 amide bonds. The molecule has 0 saturated carbocycles. The van der Waals surface area contributed by atoms with Crippen LogP contribution < -0.4 is 10.1 Å². The minimum Gasteiger partial charge on any atom is -0.497 e. The molecule has 0 spiro atoms. The van der Waals surface area contributed by atoms with Crippen molar-refractivity contribution in [3.63, 3.8) is 0 Å². The molecule has 6 nitrogen and oxygen atoms in total. The van der Waals surface area contributed by atoms with E-state index in [9.17, 15) is 4.79 Å². The van der Waals surface area contributed by atoms with Crippen molar-refractivity contribution in [2.45, 2.75) is 27.2 Å². The number of nitrogens with zero attached hydrogens (tertiary/aromatic N) is 3. The lowest BCUT2D eigenvalue weighted by atomic mass is 10.1. The normalized spacial score (nSPS) is 10.8. The predicted octanol–water partition coefficient (Wildman–Crippen LogP) is 5.11. The molecule has 0 aliphatic carbocycles. The lowest BCUT2D eigenvalue weighted by Crippen LogP contribution is -2.15. The summed E-state index contributed by atoms with van der Waals surface area (Å²) in [7, 11) is 1.60. The van der Waals surface area contributed by atoms with E-state index in [0.717, 1.165) is 33.3 Å². The lowest BCUT2D eigenvalue weighted by molar-refractivity contribution is -0.115. The van der Waals surface area contributed by atoms with Gasteiger partial charge in [-0.1, -0.05) is 35.9 Å². The number of methoxy groups -OCH3 is 1. The summed E-state index contributed by atoms with van der Waals surface area (Å²) in [5.41, 5.74) is 6.57. The first-order valence-corrected chi connectivity index (χ1v) is 10.8. The van der Waals surface area contributed by atoms with Gasteiger partial charge in [0.2, 0.25) is 11.0 Å². The number of anilines is 1. The second-order valence-corrected chi connectivity index (χ2v) is 8.24. The van der Waals surface area contributed by atoms with Crippen LogP contribution in [0.3, 0.4) is 0 Å². The van der Waals surface area contributed by atoms with Gasteiger partial charge in [-0.25, -0.2) is 9.67 Å². The number of ether oxygens (including phenoxy) is 1. The number of hydrogen-bond donors (Lipinski definition) is 1. The average molecular weight is 433 g/mol. The predicted molar refractivity (Wildman–Crippen MR) is 124 cm³/mol. The Hall–Kier alpha value is -3.45. The molecule has 0 fully saturated rings. The van der Waals surface area contributed by atoms with E-state index >= 15 is 0 Å². The summed E-state index contributed by atoms with van der Waals surface area (Å²) in [5, 5.41) is 10.4. The number of aromatic nitrogens is 3. The molecule has 4 aromatic rings. The Balaban J connectivity index is 1.53. The number of carbonyl (C=O) groups excluding carboxylic acids is 1. The smallest absolute Gasteiger partial charge is 0.228 e. The minimum absolute atomic E-state index is 0.0986. The van der Waals surface area contributed by atoms with Crippen LogP contribution in [0, 0.1) is 20.8 Å². The molecule has 31 heavy (non-hydrogen) atoms. The van der Waals surface area contributed by atoms with Gasteiger partial charge in [0.15, 0.2) is 0 Å². The molecule has 0 unspecified atom stereocenters. The van der Waals surface area contributed by atoms with Crippen LogP contribution in [0.2, 0.25) is 0 Å². The monoisotopic (exact) mass is 432 g/mol. The van der Waals surface area contributed by atoms with Crippen LogP contribution in [-0.4, -0.2) is 27.8 Å². The molecule has 0 aliphatic rings. The van der Waals surface area contributed by atoms with Gasteiger partial charge in [-0.15, -0.1) is 11.3 Å². The van der Waals surface area contributed by atoms with Crippen molar-refractivity contribution in [2.75, 3.05) is 12.4 Å². The van der Waals surface area contributed by atoms with Crippen LogP contribution in [-0.2, 0) is 11.2 Å². The van der Waals surface area contributed by atoms with Crippen molar-refractivity contribution < 1.29 is 9.53 Å². The van der Waals surface area contributed by atoms with E-state index in [1.54, 1.807) is 13.2 Å². The van der Waals surface area contributed by atoms with Crippen molar-refractivity contribution >= 4 is 22.9 Å². The third-order valence-electron chi connectivity index (χ3n) is 5.15. The second-order valence-electron chi connectivity index (χ2n) is 7.40. The van der Waals surface area contributed by atoms with E-state index in [4.69, 9.17) is 9.72 Å². The number of hydrogen-bond acceptors (Lipinski definition) is 5. The van der Waals surface area contributed by atoms with Crippen LogP contribution in [0.4, 0.5) is 5.69 Å². The van der Waals surface area contributed by atoms with E-state index in [1.807, 2.05) is 42.1 Å². The molecule has 2 aromatic carbocycles. The molecule has 2 heterocycles. The Kier molecular flexibility index (Phi) is 5.86. The number of carbonyl (C=O) groups is 1. The van der Waals surface area contributed by atoms with E-state index in [1.165, 1.54) is 16.9 Å². The SMILES string of the molecule is COc1cccc(NC(=O)Cc2c(C)nn(-c3nc(-c4ccc(C)cc4)cs3)c2C)c1. The minimum atomic E-state index is -0.0986. The van der Waals surface area contributed by atoms with Gasteiger partial charge in [0.25, 0.3) is 0 Å². The van der Waals surface area contributed by atoms with Gasteiger partial charge in [-0.05, 0) is 32.9 Å². The van der Waals surface area contributed by atoms with Crippen LogP contribution in [0.5, 0.6) is 5.75 Å². The maximum Gasteiger partial charge on any atom is 0.228 e. The van der Waals surface area contributed by atoms with E-state index in [-0.39, 0.29) is 12.3 Å². The molecule has 1 N–H and O–H groups in total. The van der Waals surface area contributed by atoms with E-state index < -0.39 is 0 Å². The van der Waals surface area contributed by atoms with Crippen molar-refractivity contribution in [1.29, 1.82) is 0 Å². The van der Waals surface area contributed by atoms with Crippen molar-refractivity contribution in [2.24, 2.45) is 0 Å². The summed E-state index contributed by atoms with van der Waals surface area (Å²) in [6.07, 6.45) is 0.241. The van der Waals surface area contributed by atoms with Gasteiger partial charge in [0.05, 0.1) is 24.9 Å². The second kappa shape index (κ2) is 8.73. The molecule has 7 heteroatoms. The van der Waals surface area contributed by atoms with Gasteiger partial charge >= 0.3 is 0 Å². The van der Waals surface area contributed by atoms with Gasteiger partial charge in [-0.2, -0.15) is 5.10 Å². The van der Waals surface area contributed by atoms with Crippen molar-refractivity contribution in [3.05, 3.63) is 76.4 Å².